The zero-order chi connectivity index (χ0) is 11.0. The van der Waals surface area contributed by atoms with Crippen molar-refractivity contribution in [1.29, 1.82) is 0 Å². The zero-order valence-corrected chi connectivity index (χ0v) is 8.47. The van der Waals surface area contributed by atoms with E-state index in [4.69, 9.17) is 4.74 Å². The van der Waals surface area contributed by atoms with Crippen molar-refractivity contribution < 1.29 is 13.5 Å². The molecular formula is C12H10F2O. The van der Waals surface area contributed by atoms with E-state index in [9.17, 15) is 8.78 Å². The van der Waals surface area contributed by atoms with Gasteiger partial charge >= 0.3 is 0 Å². The van der Waals surface area contributed by atoms with Crippen LogP contribution in [-0.4, -0.2) is 7.11 Å². The van der Waals surface area contributed by atoms with Crippen LogP contribution < -0.4 is 4.74 Å². The van der Waals surface area contributed by atoms with E-state index >= 15 is 0 Å². The van der Waals surface area contributed by atoms with E-state index in [1.165, 1.54) is 7.11 Å². The molecule has 0 amide bonds. The summed E-state index contributed by atoms with van der Waals surface area (Å²) < 4.78 is 31.8. The van der Waals surface area contributed by atoms with E-state index < -0.39 is 11.6 Å². The second-order valence-corrected chi connectivity index (χ2v) is 3.33. The summed E-state index contributed by atoms with van der Waals surface area (Å²) in [7, 11) is 1.33. The summed E-state index contributed by atoms with van der Waals surface area (Å²) in [6.45, 7) is 1.56. The highest BCUT2D eigenvalue weighted by atomic mass is 19.2. The Morgan fingerprint density at radius 2 is 1.60 bits per heavy atom. The molecule has 2 aromatic rings. The summed E-state index contributed by atoms with van der Waals surface area (Å²) in [6.07, 6.45) is 0. The number of benzene rings is 2. The highest BCUT2D eigenvalue weighted by Gasteiger charge is 2.17. The average molecular weight is 208 g/mol. The number of aryl methyl sites for hydroxylation is 1. The zero-order valence-electron chi connectivity index (χ0n) is 8.47. The lowest BCUT2D eigenvalue weighted by Gasteiger charge is -2.10. The summed E-state index contributed by atoms with van der Waals surface area (Å²) in [5.74, 6) is -1.80. The summed E-state index contributed by atoms with van der Waals surface area (Å²) >= 11 is 0. The lowest BCUT2D eigenvalue weighted by atomic mass is 10.0. The van der Waals surface area contributed by atoms with Crippen molar-refractivity contribution in [2.45, 2.75) is 6.92 Å². The smallest absolute Gasteiger partial charge is 0.201 e. The van der Waals surface area contributed by atoms with Crippen LogP contribution in [0.25, 0.3) is 10.8 Å². The van der Waals surface area contributed by atoms with Crippen LogP contribution in [-0.2, 0) is 0 Å². The third kappa shape index (κ3) is 1.35. The first kappa shape index (κ1) is 9.90. The Balaban J connectivity index is 2.98. The minimum Gasteiger partial charge on any atom is -0.493 e. The highest BCUT2D eigenvalue weighted by Crippen LogP contribution is 2.33. The van der Waals surface area contributed by atoms with Crippen LogP contribution in [0, 0.1) is 18.6 Å². The SMILES string of the molecule is COc1c(F)c(F)c(C)c2ccccc12. The third-order valence-electron chi connectivity index (χ3n) is 2.50. The number of halogens is 2. The number of rotatable bonds is 1. The first-order valence-electron chi connectivity index (χ1n) is 4.57. The van der Waals surface area contributed by atoms with Gasteiger partial charge in [-0.25, -0.2) is 4.39 Å². The number of hydrogen-bond donors (Lipinski definition) is 0. The first-order valence-corrected chi connectivity index (χ1v) is 4.57. The van der Waals surface area contributed by atoms with Gasteiger partial charge in [0.25, 0.3) is 0 Å². The maximum Gasteiger partial charge on any atom is 0.201 e. The van der Waals surface area contributed by atoms with Gasteiger partial charge in [-0.1, -0.05) is 24.3 Å². The molecule has 0 spiro atoms. The molecule has 0 saturated heterocycles. The molecule has 0 aliphatic carbocycles. The lowest BCUT2D eigenvalue weighted by molar-refractivity contribution is 0.376. The average Bonchev–Trinajstić information content (AvgIpc) is 2.27. The van der Waals surface area contributed by atoms with Crippen LogP contribution in [0.2, 0.25) is 0 Å². The molecule has 0 saturated carbocycles. The van der Waals surface area contributed by atoms with Gasteiger partial charge in [0.2, 0.25) is 5.82 Å². The quantitative estimate of drug-likeness (QED) is 0.697. The predicted molar refractivity (Wildman–Crippen MR) is 55.2 cm³/mol. The van der Waals surface area contributed by atoms with Crippen LogP contribution in [0.15, 0.2) is 24.3 Å². The molecule has 0 unspecified atom stereocenters. The van der Waals surface area contributed by atoms with Crippen LogP contribution >= 0.6 is 0 Å². The van der Waals surface area contributed by atoms with Gasteiger partial charge in [-0.3, -0.25) is 0 Å². The summed E-state index contributed by atoms with van der Waals surface area (Å²) in [5, 5.41) is 1.27. The largest absolute Gasteiger partial charge is 0.493 e. The minimum atomic E-state index is -0.922. The molecule has 15 heavy (non-hydrogen) atoms. The fourth-order valence-electron chi connectivity index (χ4n) is 1.71. The van der Waals surface area contributed by atoms with Gasteiger partial charge in [0, 0.05) is 5.39 Å². The van der Waals surface area contributed by atoms with Crippen molar-refractivity contribution in [3.05, 3.63) is 41.5 Å². The Bertz CT molecular complexity index is 521. The Morgan fingerprint density at radius 1 is 1.00 bits per heavy atom. The van der Waals surface area contributed by atoms with Gasteiger partial charge in [0.05, 0.1) is 7.11 Å². The molecule has 0 fully saturated rings. The topological polar surface area (TPSA) is 9.23 Å². The summed E-state index contributed by atoms with van der Waals surface area (Å²) in [4.78, 5) is 0. The molecule has 0 heterocycles. The van der Waals surface area contributed by atoms with E-state index in [1.807, 2.05) is 0 Å². The molecule has 78 valence electrons. The molecule has 0 N–H and O–H groups in total. The minimum absolute atomic E-state index is 0.0336. The number of fused-ring (bicyclic) bond motifs is 1. The molecule has 2 rings (SSSR count). The molecule has 2 aromatic carbocycles. The number of ether oxygens (including phenoxy) is 1. The van der Waals surface area contributed by atoms with Gasteiger partial charge < -0.3 is 4.74 Å². The molecule has 0 radical (unpaired) electrons. The van der Waals surface area contributed by atoms with Crippen molar-refractivity contribution in [2.75, 3.05) is 7.11 Å². The molecule has 0 aliphatic heterocycles. The van der Waals surface area contributed by atoms with Crippen molar-refractivity contribution >= 4 is 10.8 Å². The van der Waals surface area contributed by atoms with E-state index in [-0.39, 0.29) is 5.75 Å². The first-order chi connectivity index (χ1) is 7.16. The van der Waals surface area contributed by atoms with Crippen LogP contribution in [0.3, 0.4) is 0 Å². The molecule has 0 bridgehead atoms. The van der Waals surface area contributed by atoms with Gasteiger partial charge in [-0.2, -0.15) is 4.39 Å². The van der Waals surface area contributed by atoms with Crippen molar-refractivity contribution in [3.63, 3.8) is 0 Å². The summed E-state index contributed by atoms with van der Waals surface area (Å²) in [5.41, 5.74) is 0.309. The second-order valence-electron chi connectivity index (χ2n) is 3.33. The Morgan fingerprint density at radius 3 is 2.20 bits per heavy atom. The van der Waals surface area contributed by atoms with Crippen molar-refractivity contribution in [1.82, 2.24) is 0 Å². The molecule has 1 nitrogen and oxygen atoms in total. The fraction of sp³-hybridized carbons (Fsp3) is 0.167. The monoisotopic (exact) mass is 208 g/mol. The molecule has 0 aliphatic rings. The normalized spacial score (nSPS) is 10.7. The van der Waals surface area contributed by atoms with Crippen molar-refractivity contribution in [3.8, 4) is 5.75 Å². The van der Waals surface area contributed by atoms with E-state index in [1.54, 1.807) is 31.2 Å². The fourth-order valence-corrected chi connectivity index (χ4v) is 1.71. The number of methoxy groups -OCH3 is 1. The van der Waals surface area contributed by atoms with Crippen molar-refractivity contribution in [2.24, 2.45) is 0 Å². The lowest BCUT2D eigenvalue weighted by Crippen LogP contribution is -1.97. The predicted octanol–water partition coefficient (Wildman–Crippen LogP) is 3.44. The van der Waals surface area contributed by atoms with Crippen LogP contribution in [0.5, 0.6) is 5.75 Å². The molecule has 3 heteroatoms. The van der Waals surface area contributed by atoms with Gasteiger partial charge in [-0.05, 0) is 17.9 Å². The van der Waals surface area contributed by atoms with Crippen LogP contribution in [0.1, 0.15) is 5.56 Å². The highest BCUT2D eigenvalue weighted by molar-refractivity contribution is 5.91. The second kappa shape index (κ2) is 3.50. The van der Waals surface area contributed by atoms with Gasteiger partial charge in [0.1, 0.15) is 0 Å². The molecular weight excluding hydrogens is 198 g/mol. The molecule has 0 aromatic heterocycles. The summed E-state index contributed by atoms with van der Waals surface area (Å²) in [6, 6.07) is 7.01. The Kier molecular flexibility index (Phi) is 2.31. The van der Waals surface area contributed by atoms with Crippen LogP contribution in [0.4, 0.5) is 8.78 Å². The van der Waals surface area contributed by atoms with E-state index in [2.05, 4.69) is 0 Å². The Hall–Kier alpha value is -1.64. The van der Waals surface area contributed by atoms with Gasteiger partial charge in [0.15, 0.2) is 11.6 Å². The Labute approximate surface area is 86.3 Å². The maximum atomic E-state index is 13.5. The van der Waals surface area contributed by atoms with Gasteiger partial charge in [-0.15, -0.1) is 0 Å². The van der Waals surface area contributed by atoms with E-state index in [0.29, 0.717) is 16.3 Å². The number of hydrogen-bond acceptors (Lipinski definition) is 1. The third-order valence-corrected chi connectivity index (χ3v) is 2.50. The molecule has 0 atom stereocenters. The standard InChI is InChI=1S/C12H10F2O/c1-7-8-5-3-4-6-9(8)12(15-2)11(14)10(7)13/h3-6H,1-2H3. The maximum absolute atomic E-state index is 13.5. The van der Waals surface area contributed by atoms with E-state index in [0.717, 1.165) is 0 Å².